The fourth-order valence-electron chi connectivity index (χ4n) is 0.431. The summed E-state index contributed by atoms with van der Waals surface area (Å²) in [4.78, 5) is 0. The summed E-state index contributed by atoms with van der Waals surface area (Å²) in [5.74, 6) is 0. The summed E-state index contributed by atoms with van der Waals surface area (Å²) in [6.07, 6.45) is 1.69. The predicted molar refractivity (Wildman–Crippen MR) is 45.7 cm³/mol. The average molecular weight is 141 g/mol. The largest absolute Gasteiger partial charge is 0.198 e. The van der Waals surface area contributed by atoms with Gasteiger partial charge in [0, 0.05) is 6.42 Å². The molecule has 0 amide bonds. The second-order valence-electron chi connectivity index (χ2n) is 3.22. The van der Waals surface area contributed by atoms with Crippen molar-refractivity contribution in [3.63, 3.8) is 0 Å². The summed E-state index contributed by atoms with van der Waals surface area (Å²) >= 11 is 0. The van der Waals surface area contributed by atoms with Crippen molar-refractivity contribution in [3.05, 3.63) is 0 Å². The molecule has 60 valence electrons. The van der Waals surface area contributed by atoms with Gasteiger partial charge in [-0.05, 0) is 11.8 Å². The van der Waals surface area contributed by atoms with Crippen LogP contribution >= 0.6 is 0 Å². The van der Waals surface area contributed by atoms with E-state index < -0.39 is 0 Å². The smallest absolute Gasteiger partial charge is 0.0621 e. The van der Waals surface area contributed by atoms with Gasteiger partial charge in [-0.25, -0.2) is 0 Å². The molecule has 0 aromatic heterocycles. The number of nitriles is 1. The van der Waals surface area contributed by atoms with Gasteiger partial charge in [0.25, 0.3) is 0 Å². The third kappa shape index (κ3) is 15.6. The molecule has 0 aliphatic heterocycles. The molecule has 1 nitrogen and oxygen atoms in total. The van der Waals surface area contributed by atoms with Gasteiger partial charge in [-0.3, -0.25) is 0 Å². The lowest BCUT2D eigenvalue weighted by atomic mass is 9.91. The third-order valence-electron chi connectivity index (χ3n) is 0.987. The lowest BCUT2D eigenvalue weighted by Gasteiger charge is -2.14. The number of hydrogen-bond acceptors (Lipinski definition) is 1. The summed E-state index contributed by atoms with van der Waals surface area (Å²) < 4.78 is 0. The van der Waals surface area contributed by atoms with Crippen LogP contribution in [0.5, 0.6) is 0 Å². The molecular formula is C9H19N. The fourth-order valence-corrected chi connectivity index (χ4v) is 0.431. The molecule has 10 heavy (non-hydrogen) atoms. The van der Waals surface area contributed by atoms with Crippen molar-refractivity contribution in [1.82, 2.24) is 0 Å². The van der Waals surface area contributed by atoms with Crippen molar-refractivity contribution >= 4 is 0 Å². The van der Waals surface area contributed by atoms with Crippen molar-refractivity contribution in [2.45, 2.75) is 47.5 Å². The average Bonchev–Trinajstić information content (AvgIpc) is 1.87. The summed E-state index contributed by atoms with van der Waals surface area (Å²) in [5.41, 5.74) is 0.329. The maximum atomic E-state index is 8.18. The minimum absolute atomic E-state index is 0.329. The Morgan fingerprint density at radius 3 is 1.70 bits per heavy atom. The van der Waals surface area contributed by atoms with Crippen molar-refractivity contribution < 1.29 is 0 Å². The van der Waals surface area contributed by atoms with Gasteiger partial charge in [-0.15, -0.1) is 0 Å². The molecule has 0 spiro atoms. The molecule has 0 aromatic carbocycles. The second kappa shape index (κ2) is 6.61. The van der Waals surface area contributed by atoms with Crippen molar-refractivity contribution in [3.8, 4) is 6.07 Å². The van der Waals surface area contributed by atoms with Gasteiger partial charge in [0.1, 0.15) is 0 Å². The standard InChI is InChI=1S/C7H13N.C2H6/c1-7(2,3)5-4-6-8;1-2/h4-5H2,1-3H3;1-2H3. The zero-order chi connectivity index (χ0) is 8.62. The normalized spacial score (nSPS) is 9.20. The maximum Gasteiger partial charge on any atom is 0.0621 e. The monoisotopic (exact) mass is 141 g/mol. The molecule has 0 radical (unpaired) electrons. The minimum atomic E-state index is 0.329. The highest BCUT2D eigenvalue weighted by Gasteiger charge is 2.07. The van der Waals surface area contributed by atoms with Crippen LogP contribution in [0.4, 0.5) is 0 Å². The van der Waals surface area contributed by atoms with Crippen LogP contribution in [0, 0.1) is 16.7 Å². The SMILES string of the molecule is CC.CC(C)(C)CCC#N. The van der Waals surface area contributed by atoms with Crippen molar-refractivity contribution in [1.29, 1.82) is 5.26 Å². The highest BCUT2D eigenvalue weighted by atomic mass is 14.2. The fraction of sp³-hybridized carbons (Fsp3) is 0.889. The third-order valence-corrected chi connectivity index (χ3v) is 0.987. The maximum absolute atomic E-state index is 8.18. The van der Waals surface area contributed by atoms with Crippen molar-refractivity contribution in [2.24, 2.45) is 5.41 Å². The van der Waals surface area contributed by atoms with Crippen LogP contribution in [0.3, 0.4) is 0 Å². The van der Waals surface area contributed by atoms with Gasteiger partial charge < -0.3 is 0 Å². The van der Waals surface area contributed by atoms with E-state index in [1.807, 2.05) is 13.8 Å². The first-order valence-corrected chi connectivity index (χ1v) is 3.93. The zero-order valence-electron chi connectivity index (χ0n) is 7.86. The van der Waals surface area contributed by atoms with E-state index in [1.54, 1.807) is 0 Å². The van der Waals surface area contributed by atoms with Crippen molar-refractivity contribution in [2.75, 3.05) is 0 Å². The summed E-state index contributed by atoms with van der Waals surface area (Å²) in [5, 5.41) is 8.18. The van der Waals surface area contributed by atoms with E-state index in [2.05, 4.69) is 26.8 Å². The lowest BCUT2D eigenvalue weighted by molar-refractivity contribution is 0.383. The first-order chi connectivity index (χ1) is 4.56. The van der Waals surface area contributed by atoms with Gasteiger partial charge in [0.2, 0.25) is 0 Å². The molecule has 0 N–H and O–H groups in total. The molecular weight excluding hydrogens is 122 g/mol. The molecule has 0 saturated heterocycles. The van der Waals surface area contributed by atoms with E-state index in [0.29, 0.717) is 11.8 Å². The van der Waals surface area contributed by atoms with E-state index in [4.69, 9.17) is 5.26 Å². The number of nitrogens with zero attached hydrogens (tertiary/aromatic N) is 1. The van der Waals surface area contributed by atoms with E-state index in [9.17, 15) is 0 Å². The molecule has 0 aromatic rings. The predicted octanol–water partition coefficient (Wildman–Crippen LogP) is 3.36. The first-order valence-electron chi connectivity index (χ1n) is 3.93. The van der Waals surface area contributed by atoms with Gasteiger partial charge in [0.15, 0.2) is 0 Å². The molecule has 0 rings (SSSR count). The molecule has 0 aliphatic rings. The highest BCUT2D eigenvalue weighted by molar-refractivity contribution is 4.73. The van der Waals surface area contributed by atoms with Crippen LogP contribution in [0.15, 0.2) is 0 Å². The molecule has 0 saturated carbocycles. The highest BCUT2D eigenvalue weighted by Crippen LogP contribution is 2.19. The Morgan fingerprint density at radius 2 is 1.60 bits per heavy atom. The molecule has 0 atom stereocenters. The molecule has 0 bridgehead atoms. The number of rotatable bonds is 1. The van der Waals surface area contributed by atoms with Crippen LogP contribution in [0.1, 0.15) is 47.5 Å². The molecule has 0 aliphatic carbocycles. The Labute approximate surface area is 65.1 Å². The van der Waals surface area contributed by atoms with Gasteiger partial charge in [-0.1, -0.05) is 34.6 Å². The molecule has 1 heteroatoms. The first kappa shape index (κ1) is 12.2. The van der Waals surface area contributed by atoms with Crippen LogP contribution in [-0.4, -0.2) is 0 Å². The van der Waals surface area contributed by atoms with Gasteiger partial charge in [0.05, 0.1) is 6.07 Å². The minimum Gasteiger partial charge on any atom is -0.198 e. The van der Waals surface area contributed by atoms with Crippen LogP contribution in [-0.2, 0) is 0 Å². The van der Waals surface area contributed by atoms with Crippen LogP contribution in [0.25, 0.3) is 0 Å². The van der Waals surface area contributed by atoms with E-state index in [-0.39, 0.29) is 0 Å². The van der Waals surface area contributed by atoms with Crippen LogP contribution < -0.4 is 0 Å². The summed E-state index contributed by atoms with van der Waals surface area (Å²) in [7, 11) is 0. The Hall–Kier alpha value is -0.510. The zero-order valence-corrected chi connectivity index (χ0v) is 7.86. The van der Waals surface area contributed by atoms with E-state index in [1.165, 1.54) is 0 Å². The van der Waals surface area contributed by atoms with E-state index >= 15 is 0 Å². The van der Waals surface area contributed by atoms with Gasteiger partial charge in [-0.2, -0.15) is 5.26 Å². The quantitative estimate of drug-likeness (QED) is 0.549. The lowest BCUT2D eigenvalue weighted by Crippen LogP contribution is -2.02. The molecule has 0 heterocycles. The Kier molecular flexibility index (Phi) is 8.06. The Balaban J connectivity index is 0. The molecule has 0 unspecified atom stereocenters. The van der Waals surface area contributed by atoms with Gasteiger partial charge >= 0.3 is 0 Å². The molecule has 0 fully saturated rings. The Morgan fingerprint density at radius 1 is 1.20 bits per heavy atom. The van der Waals surface area contributed by atoms with E-state index in [0.717, 1.165) is 6.42 Å². The second-order valence-corrected chi connectivity index (χ2v) is 3.22. The summed E-state index contributed by atoms with van der Waals surface area (Å²) in [6.45, 7) is 10.4. The van der Waals surface area contributed by atoms with Crippen LogP contribution in [0.2, 0.25) is 0 Å². The number of hydrogen-bond donors (Lipinski definition) is 0. The summed E-state index contributed by atoms with van der Waals surface area (Å²) in [6, 6.07) is 2.12. The Bertz CT molecular complexity index is 92.3. The topological polar surface area (TPSA) is 23.8 Å².